The minimum Gasteiger partial charge on any atom is -0.383 e. The SMILES string of the molecule is COCC(NC(C)c1ccc(F)c(Cl)c1)C(C)C. The second kappa shape index (κ2) is 7.07. The molecule has 0 aromatic heterocycles. The fraction of sp³-hybridized carbons (Fsp3) is 0.571. The van der Waals surface area contributed by atoms with Crippen LogP contribution in [-0.4, -0.2) is 19.8 Å². The molecule has 0 heterocycles. The first-order valence-corrected chi connectivity index (χ1v) is 6.53. The minimum absolute atomic E-state index is 0.102. The third kappa shape index (κ3) is 4.23. The van der Waals surface area contributed by atoms with Gasteiger partial charge in [-0.2, -0.15) is 0 Å². The van der Waals surface area contributed by atoms with Crippen molar-refractivity contribution in [2.24, 2.45) is 5.92 Å². The van der Waals surface area contributed by atoms with E-state index in [-0.39, 0.29) is 22.9 Å². The van der Waals surface area contributed by atoms with E-state index in [9.17, 15) is 4.39 Å². The minimum atomic E-state index is -0.384. The smallest absolute Gasteiger partial charge is 0.141 e. The molecular weight excluding hydrogens is 253 g/mol. The van der Waals surface area contributed by atoms with Crippen LogP contribution in [-0.2, 0) is 4.74 Å². The summed E-state index contributed by atoms with van der Waals surface area (Å²) in [6.07, 6.45) is 0. The molecule has 0 spiro atoms. The zero-order valence-corrected chi connectivity index (χ0v) is 12.1. The quantitative estimate of drug-likeness (QED) is 0.851. The van der Waals surface area contributed by atoms with E-state index in [0.717, 1.165) is 5.56 Å². The summed E-state index contributed by atoms with van der Waals surface area (Å²) in [5.41, 5.74) is 0.975. The van der Waals surface area contributed by atoms with Crippen LogP contribution >= 0.6 is 11.6 Å². The van der Waals surface area contributed by atoms with Gasteiger partial charge in [-0.15, -0.1) is 0 Å². The lowest BCUT2D eigenvalue weighted by Crippen LogP contribution is -2.39. The maximum Gasteiger partial charge on any atom is 0.141 e. The van der Waals surface area contributed by atoms with Crippen molar-refractivity contribution in [3.8, 4) is 0 Å². The van der Waals surface area contributed by atoms with Gasteiger partial charge < -0.3 is 10.1 Å². The number of hydrogen-bond acceptors (Lipinski definition) is 2. The summed E-state index contributed by atoms with van der Waals surface area (Å²) < 4.78 is 18.3. The molecule has 0 saturated heterocycles. The third-order valence-electron chi connectivity index (χ3n) is 3.06. The van der Waals surface area contributed by atoms with E-state index < -0.39 is 0 Å². The molecule has 1 aromatic rings. The Morgan fingerprint density at radius 1 is 1.33 bits per heavy atom. The molecule has 1 rings (SSSR count). The molecule has 1 N–H and O–H groups in total. The van der Waals surface area contributed by atoms with Crippen LogP contribution < -0.4 is 5.32 Å². The van der Waals surface area contributed by atoms with E-state index in [1.165, 1.54) is 6.07 Å². The molecule has 2 atom stereocenters. The summed E-state index contributed by atoms with van der Waals surface area (Å²) >= 11 is 5.79. The van der Waals surface area contributed by atoms with Crippen LogP contribution in [0.15, 0.2) is 18.2 Å². The monoisotopic (exact) mass is 273 g/mol. The first-order valence-electron chi connectivity index (χ1n) is 6.15. The van der Waals surface area contributed by atoms with Crippen LogP contribution in [0, 0.1) is 11.7 Å². The summed E-state index contributed by atoms with van der Waals surface area (Å²) in [5.74, 6) is 0.0771. The van der Waals surface area contributed by atoms with Crippen LogP contribution in [0.5, 0.6) is 0 Å². The van der Waals surface area contributed by atoms with Gasteiger partial charge >= 0.3 is 0 Å². The van der Waals surface area contributed by atoms with Gasteiger partial charge in [-0.05, 0) is 30.5 Å². The largest absolute Gasteiger partial charge is 0.383 e. The fourth-order valence-corrected chi connectivity index (χ4v) is 2.00. The predicted molar refractivity (Wildman–Crippen MR) is 73.5 cm³/mol. The number of halogens is 2. The molecule has 102 valence electrons. The van der Waals surface area contributed by atoms with Gasteiger partial charge in [-0.1, -0.05) is 31.5 Å². The Labute approximate surface area is 113 Å². The molecular formula is C14H21ClFNO. The highest BCUT2D eigenvalue weighted by Crippen LogP contribution is 2.21. The van der Waals surface area contributed by atoms with Crippen LogP contribution in [0.4, 0.5) is 4.39 Å². The summed E-state index contributed by atoms with van der Waals surface area (Å²) in [7, 11) is 1.69. The molecule has 0 saturated carbocycles. The topological polar surface area (TPSA) is 21.3 Å². The van der Waals surface area contributed by atoms with E-state index in [4.69, 9.17) is 16.3 Å². The van der Waals surface area contributed by atoms with Crippen molar-refractivity contribution in [1.82, 2.24) is 5.32 Å². The Kier molecular flexibility index (Phi) is 6.06. The molecule has 1 aromatic carbocycles. The normalized spacial score (nSPS) is 14.8. The van der Waals surface area contributed by atoms with Gasteiger partial charge in [-0.3, -0.25) is 0 Å². The molecule has 0 amide bonds. The Morgan fingerprint density at radius 3 is 2.50 bits per heavy atom. The van der Waals surface area contributed by atoms with E-state index >= 15 is 0 Å². The molecule has 0 aliphatic rings. The third-order valence-corrected chi connectivity index (χ3v) is 3.35. The lowest BCUT2D eigenvalue weighted by Gasteiger charge is -2.26. The van der Waals surface area contributed by atoms with Crippen molar-refractivity contribution in [2.75, 3.05) is 13.7 Å². The van der Waals surface area contributed by atoms with Crippen molar-refractivity contribution in [2.45, 2.75) is 32.9 Å². The highest BCUT2D eigenvalue weighted by molar-refractivity contribution is 6.30. The molecule has 4 heteroatoms. The van der Waals surface area contributed by atoms with Gasteiger partial charge in [0, 0.05) is 19.2 Å². The lowest BCUT2D eigenvalue weighted by molar-refractivity contribution is 0.141. The van der Waals surface area contributed by atoms with E-state index in [1.807, 2.05) is 6.92 Å². The highest BCUT2D eigenvalue weighted by atomic mass is 35.5. The van der Waals surface area contributed by atoms with E-state index in [1.54, 1.807) is 19.2 Å². The number of benzene rings is 1. The zero-order valence-electron chi connectivity index (χ0n) is 11.3. The highest BCUT2D eigenvalue weighted by Gasteiger charge is 2.17. The molecule has 0 bridgehead atoms. The van der Waals surface area contributed by atoms with Crippen LogP contribution in [0.1, 0.15) is 32.4 Å². The van der Waals surface area contributed by atoms with Crippen molar-refractivity contribution in [1.29, 1.82) is 0 Å². The van der Waals surface area contributed by atoms with E-state index in [2.05, 4.69) is 19.2 Å². The fourth-order valence-electron chi connectivity index (χ4n) is 1.81. The maximum absolute atomic E-state index is 13.1. The molecule has 2 unspecified atom stereocenters. The first-order chi connectivity index (χ1) is 8.45. The first kappa shape index (κ1) is 15.4. The predicted octanol–water partition coefficient (Wildman–Crippen LogP) is 3.80. The van der Waals surface area contributed by atoms with E-state index in [0.29, 0.717) is 12.5 Å². The summed E-state index contributed by atoms with van der Waals surface area (Å²) in [6, 6.07) is 5.18. The van der Waals surface area contributed by atoms with Crippen LogP contribution in [0.3, 0.4) is 0 Å². The second-order valence-electron chi connectivity index (χ2n) is 4.87. The molecule has 0 radical (unpaired) electrons. The van der Waals surface area contributed by atoms with Crippen molar-refractivity contribution < 1.29 is 9.13 Å². The van der Waals surface area contributed by atoms with Gasteiger partial charge in [0.2, 0.25) is 0 Å². The van der Waals surface area contributed by atoms with Gasteiger partial charge in [0.1, 0.15) is 5.82 Å². The molecule has 0 aliphatic carbocycles. The summed E-state index contributed by atoms with van der Waals surface area (Å²) in [5, 5.41) is 3.64. The Bertz CT molecular complexity index is 384. The number of methoxy groups -OCH3 is 1. The molecule has 0 aliphatic heterocycles. The number of ether oxygens (including phenoxy) is 1. The van der Waals surface area contributed by atoms with Crippen molar-refractivity contribution in [3.63, 3.8) is 0 Å². The average Bonchev–Trinajstić information content (AvgIpc) is 2.31. The zero-order chi connectivity index (χ0) is 13.7. The van der Waals surface area contributed by atoms with Crippen molar-refractivity contribution in [3.05, 3.63) is 34.6 Å². The van der Waals surface area contributed by atoms with Gasteiger partial charge in [0.25, 0.3) is 0 Å². The van der Waals surface area contributed by atoms with Gasteiger partial charge in [-0.25, -0.2) is 4.39 Å². The number of hydrogen-bond donors (Lipinski definition) is 1. The molecule has 2 nitrogen and oxygen atoms in total. The number of rotatable bonds is 6. The standard InChI is InChI=1S/C14H21ClFNO/c1-9(2)14(8-18-4)17-10(3)11-5-6-13(16)12(15)7-11/h5-7,9-10,14,17H,8H2,1-4H3. The maximum atomic E-state index is 13.1. The molecule has 18 heavy (non-hydrogen) atoms. The number of nitrogens with one attached hydrogen (secondary N) is 1. The Balaban J connectivity index is 2.73. The second-order valence-corrected chi connectivity index (χ2v) is 5.27. The Morgan fingerprint density at radius 2 is 2.00 bits per heavy atom. The van der Waals surface area contributed by atoms with Gasteiger partial charge in [0.15, 0.2) is 0 Å². The summed E-state index contributed by atoms with van der Waals surface area (Å²) in [6.45, 7) is 6.97. The van der Waals surface area contributed by atoms with Gasteiger partial charge in [0.05, 0.1) is 11.6 Å². The molecule has 0 fully saturated rings. The average molecular weight is 274 g/mol. The lowest BCUT2D eigenvalue weighted by atomic mass is 10.0. The Hall–Kier alpha value is -0.640. The summed E-state index contributed by atoms with van der Waals surface area (Å²) in [4.78, 5) is 0. The van der Waals surface area contributed by atoms with Crippen LogP contribution in [0.2, 0.25) is 5.02 Å². The van der Waals surface area contributed by atoms with Crippen molar-refractivity contribution >= 4 is 11.6 Å². The van der Waals surface area contributed by atoms with Crippen LogP contribution in [0.25, 0.3) is 0 Å².